The molecule has 1 amide bonds. The third-order valence-corrected chi connectivity index (χ3v) is 7.49. The number of pyridine rings is 1. The van der Waals surface area contributed by atoms with Crippen molar-refractivity contribution in [2.24, 2.45) is 11.8 Å². The molecule has 3 aliphatic heterocycles. The molecule has 0 saturated carbocycles. The Morgan fingerprint density at radius 2 is 2.23 bits per heavy atom. The third-order valence-electron chi connectivity index (χ3n) is 5.67. The highest BCUT2D eigenvalue weighted by Gasteiger charge is 2.42. The predicted molar refractivity (Wildman–Crippen MR) is 96.1 cm³/mol. The largest absolute Gasteiger partial charge is 0.377 e. The first kappa shape index (κ1) is 17.9. The zero-order valence-electron chi connectivity index (χ0n) is 14.7. The Morgan fingerprint density at radius 3 is 2.96 bits per heavy atom. The highest BCUT2D eigenvalue weighted by atomic mass is 32.2. The van der Waals surface area contributed by atoms with Gasteiger partial charge in [-0.05, 0) is 30.5 Å². The van der Waals surface area contributed by atoms with Gasteiger partial charge in [-0.25, -0.2) is 8.42 Å². The highest BCUT2D eigenvalue weighted by molar-refractivity contribution is 7.92. The van der Waals surface area contributed by atoms with Crippen LogP contribution in [0, 0.1) is 11.8 Å². The fourth-order valence-electron chi connectivity index (χ4n) is 4.38. The predicted octanol–water partition coefficient (Wildman–Crippen LogP) is 0.222. The van der Waals surface area contributed by atoms with Gasteiger partial charge in [0.25, 0.3) is 0 Å². The number of ether oxygens (including phenoxy) is 1. The molecular formula is C18H25N3O4S. The molecule has 3 saturated heterocycles. The molecular weight excluding hydrogens is 354 g/mol. The molecule has 1 N–H and O–H groups in total. The van der Waals surface area contributed by atoms with Crippen molar-refractivity contribution in [1.29, 1.82) is 0 Å². The summed E-state index contributed by atoms with van der Waals surface area (Å²) in [6.45, 7) is 3.58. The number of likely N-dealkylation sites (tertiary alicyclic amines) is 1. The summed E-state index contributed by atoms with van der Waals surface area (Å²) in [5.74, 6) is 0.922. The Morgan fingerprint density at radius 1 is 1.38 bits per heavy atom. The Balaban J connectivity index is 1.25. The van der Waals surface area contributed by atoms with Crippen molar-refractivity contribution in [2.75, 3.05) is 31.2 Å². The standard InChI is InChI=1S/C18H25N3O4S/c22-18(20-15-11-26(23,24)12-15)6-17-16-3-5-21(9-14(16)10-25-17)8-13-2-1-4-19-7-13/h1-2,4,7,14-17H,3,5-6,8-12H2,(H,20,22)/t14-,16-,17+/m1/s1. The van der Waals surface area contributed by atoms with Gasteiger partial charge in [-0.3, -0.25) is 14.7 Å². The quantitative estimate of drug-likeness (QED) is 0.787. The van der Waals surface area contributed by atoms with E-state index in [1.165, 1.54) is 5.56 Å². The Bertz CT molecular complexity index is 743. The second kappa shape index (κ2) is 7.25. The van der Waals surface area contributed by atoms with E-state index in [4.69, 9.17) is 4.74 Å². The lowest BCUT2D eigenvalue weighted by Crippen LogP contribution is -2.53. The summed E-state index contributed by atoms with van der Waals surface area (Å²) in [6.07, 6.45) is 5.01. The van der Waals surface area contributed by atoms with Gasteiger partial charge in [0.05, 0.1) is 36.7 Å². The average Bonchev–Trinajstić information content (AvgIpc) is 2.96. The number of nitrogens with one attached hydrogen (secondary N) is 1. The maximum Gasteiger partial charge on any atom is 0.222 e. The Hall–Kier alpha value is -1.51. The molecule has 3 aliphatic rings. The molecule has 8 heteroatoms. The lowest BCUT2D eigenvalue weighted by atomic mass is 9.83. The minimum absolute atomic E-state index is 0.0442. The van der Waals surface area contributed by atoms with Crippen LogP contribution in [0.4, 0.5) is 0 Å². The molecule has 7 nitrogen and oxygen atoms in total. The molecule has 1 aromatic rings. The van der Waals surface area contributed by atoms with Crippen LogP contribution in [-0.4, -0.2) is 67.6 Å². The minimum atomic E-state index is -2.91. The van der Waals surface area contributed by atoms with Crippen LogP contribution >= 0.6 is 0 Å². The van der Waals surface area contributed by atoms with E-state index in [1.54, 1.807) is 6.20 Å². The Kier molecular flexibility index (Phi) is 4.98. The van der Waals surface area contributed by atoms with Crippen LogP contribution in [0.3, 0.4) is 0 Å². The highest BCUT2D eigenvalue weighted by Crippen LogP contribution is 2.36. The van der Waals surface area contributed by atoms with E-state index in [9.17, 15) is 13.2 Å². The summed E-state index contributed by atoms with van der Waals surface area (Å²) in [7, 11) is -2.91. The van der Waals surface area contributed by atoms with Crippen LogP contribution in [0.1, 0.15) is 18.4 Å². The van der Waals surface area contributed by atoms with E-state index < -0.39 is 9.84 Å². The first-order chi connectivity index (χ1) is 12.5. The van der Waals surface area contributed by atoms with Crippen LogP contribution in [0.25, 0.3) is 0 Å². The van der Waals surface area contributed by atoms with Crippen molar-refractivity contribution in [1.82, 2.24) is 15.2 Å². The van der Waals surface area contributed by atoms with Gasteiger partial charge in [-0.15, -0.1) is 0 Å². The summed E-state index contributed by atoms with van der Waals surface area (Å²) in [4.78, 5) is 18.8. The zero-order valence-corrected chi connectivity index (χ0v) is 15.5. The van der Waals surface area contributed by atoms with Gasteiger partial charge in [-0.2, -0.15) is 0 Å². The molecule has 142 valence electrons. The van der Waals surface area contributed by atoms with Gasteiger partial charge in [0.1, 0.15) is 0 Å². The molecule has 1 aromatic heterocycles. The molecule has 4 heterocycles. The van der Waals surface area contributed by atoms with E-state index in [0.717, 1.165) is 26.1 Å². The maximum absolute atomic E-state index is 12.2. The normalized spacial score (nSPS) is 31.2. The van der Waals surface area contributed by atoms with Crippen LogP contribution in [0.2, 0.25) is 0 Å². The molecule has 3 fully saturated rings. The molecule has 0 aromatic carbocycles. The number of aromatic nitrogens is 1. The number of carbonyl (C=O) groups is 1. The van der Waals surface area contributed by atoms with Crippen molar-refractivity contribution in [3.63, 3.8) is 0 Å². The van der Waals surface area contributed by atoms with Crippen LogP contribution in [-0.2, 0) is 25.9 Å². The van der Waals surface area contributed by atoms with Crippen LogP contribution in [0.5, 0.6) is 0 Å². The first-order valence-corrected chi connectivity index (χ1v) is 11.0. The van der Waals surface area contributed by atoms with Gasteiger partial charge in [0.2, 0.25) is 5.91 Å². The van der Waals surface area contributed by atoms with E-state index in [2.05, 4.69) is 21.3 Å². The van der Waals surface area contributed by atoms with E-state index in [0.29, 0.717) is 24.9 Å². The van der Waals surface area contributed by atoms with Crippen LogP contribution in [0.15, 0.2) is 24.5 Å². The second-order valence-electron chi connectivity index (χ2n) is 7.73. The maximum atomic E-state index is 12.2. The molecule has 0 bridgehead atoms. The second-order valence-corrected chi connectivity index (χ2v) is 9.88. The zero-order chi connectivity index (χ0) is 18.1. The average molecular weight is 379 g/mol. The molecule has 0 radical (unpaired) electrons. The number of hydrogen-bond acceptors (Lipinski definition) is 6. The molecule has 26 heavy (non-hydrogen) atoms. The smallest absolute Gasteiger partial charge is 0.222 e. The van der Waals surface area contributed by atoms with Gasteiger partial charge in [-0.1, -0.05) is 6.07 Å². The van der Waals surface area contributed by atoms with Crippen molar-refractivity contribution < 1.29 is 17.9 Å². The van der Waals surface area contributed by atoms with E-state index in [-0.39, 0.29) is 29.6 Å². The number of fused-ring (bicyclic) bond motifs is 1. The van der Waals surface area contributed by atoms with Crippen LogP contribution < -0.4 is 5.32 Å². The minimum Gasteiger partial charge on any atom is -0.377 e. The fourth-order valence-corrected chi connectivity index (χ4v) is 5.68. The topological polar surface area (TPSA) is 88.6 Å². The van der Waals surface area contributed by atoms with Gasteiger partial charge >= 0.3 is 0 Å². The number of nitrogens with zero attached hydrogens (tertiary/aromatic N) is 2. The van der Waals surface area contributed by atoms with Crippen molar-refractivity contribution in [3.8, 4) is 0 Å². The van der Waals surface area contributed by atoms with Crippen molar-refractivity contribution >= 4 is 15.7 Å². The van der Waals surface area contributed by atoms with Crippen molar-refractivity contribution in [2.45, 2.75) is 31.5 Å². The number of piperidine rings is 1. The lowest BCUT2D eigenvalue weighted by Gasteiger charge is -2.35. The van der Waals surface area contributed by atoms with Crippen molar-refractivity contribution in [3.05, 3.63) is 30.1 Å². The summed E-state index contributed by atoms with van der Waals surface area (Å²) in [5.41, 5.74) is 1.22. The number of hydrogen-bond donors (Lipinski definition) is 1. The summed E-state index contributed by atoms with van der Waals surface area (Å²) in [5, 5.41) is 2.82. The molecule has 4 rings (SSSR count). The number of amides is 1. The summed E-state index contributed by atoms with van der Waals surface area (Å²) in [6, 6.07) is 3.84. The summed E-state index contributed by atoms with van der Waals surface area (Å²) < 4.78 is 28.3. The Labute approximate surface area is 154 Å². The molecule has 0 aliphatic carbocycles. The lowest BCUT2D eigenvalue weighted by molar-refractivity contribution is -0.124. The number of carbonyl (C=O) groups excluding carboxylic acids is 1. The number of sulfone groups is 1. The third kappa shape index (κ3) is 4.07. The van der Waals surface area contributed by atoms with E-state index in [1.807, 2.05) is 12.3 Å². The van der Waals surface area contributed by atoms with Gasteiger partial charge < -0.3 is 10.1 Å². The molecule has 3 atom stereocenters. The monoisotopic (exact) mass is 379 g/mol. The SMILES string of the molecule is O=C(C[C@@H]1OC[C@H]2CN(Cc3cccnc3)CC[C@H]21)NC1CS(=O)(=O)C1. The van der Waals surface area contributed by atoms with Gasteiger partial charge in [0, 0.05) is 31.4 Å². The van der Waals surface area contributed by atoms with Gasteiger partial charge in [0.15, 0.2) is 9.84 Å². The first-order valence-electron chi connectivity index (χ1n) is 9.21. The molecule has 0 spiro atoms. The summed E-state index contributed by atoms with van der Waals surface area (Å²) >= 11 is 0. The van der Waals surface area contributed by atoms with E-state index >= 15 is 0 Å². The fraction of sp³-hybridized carbons (Fsp3) is 0.667. The molecule has 0 unspecified atom stereocenters. The number of rotatable bonds is 5.